The number of carbonyl (C=O) groups excluding carboxylic acids is 1. The van der Waals surface area contributed by atoms with Crippen LogP contribution in [0.3, 0.4) is 0 Å². The summed E-state index contributed by atoms with van der Waals surface area (Å²) < 4.78 is 6.12. The molecule has 2 heterocycles. The summed E-state index contributed by atoms with van der Waals surface area (Å²) in [7, 11) is 0. The number of aliphatic hydroxyl groups is 2. The van der Waals surface area contributed by atoms with Crippen LogP contribution in [0.25, 0.3) is 0 Å². The summed E-state index contributed by atoms with van der Waals surface area (Å²) in [6.07, 6.45) is 0.935. The Morgan fingerprint density at radius 2 is 1.88 bits per heavy atom. The number of ether oxygens (including phenoxy) is 1. The monoisotopic (exact) mass is 512 g/mol. The third-order valence-electron chi connectivity index (χ3n) is 6.79. The predicted octanol–water partition coefficient (Wildman–Crippen LogP) is 4.57. The van der Waals surface area contributed by atoms with Gasteiger partial charge in [-0.1, -0.05) is 40.9 Å². The van der Waals surface area contributed by atoms with Crippen molar-refractivity contribution in [2.24, 2.45) is 11.8 Å². The lowest BCUT2D eigenvalue weighted by Gasteiger charge is -2.32. The molecule has 5 unspecified atom stereocenters. The van der Waals surface area contributed by atoms with E-state index in [0.717, 1.165) is 5.56 Å². The number of nitrogens with zero attached hydrogens (tertiary/aromatic N) is 2. The van der Waals surface area contributed by atoms with Gasteiger partial charge in [-0.15, -0.1) is 0 Å². The lowest BCUT2D eigenvalue weighted by atomic mass is 9.84. The average Bonchev–Trinajstić information content (AvgIpc) is 3.24. The van der Waals surface area contributed by atoms with Crippen molar-refractivity contribution >= 4 is 40.7 Å². The summed E-state index contributed by atoms with van der Waals surface area (Å²) in [5, 5.41) is 21.4. The van der Waals surface area contributed by atoms with Crippen LogP contribution in [0.5, 0.6) is 5.88 Å². The first-order valence-electron chi connectivity index (χ1n) is 11.1. The van der Waals surface area contributed by atoms with E-state index in [4.69, 9.17) is 39.5 Å². The molecular formula is C24H27Cl3N2O4. The Hall–Kier alpha value is -1.57. The van der Waals surface area contributed by atoms with Crippen molar-refractivity contribution in [3.05, 3.63) is 57.2 Å². The number of halogens is 3. The number of aliphatic hydroxyl groups excluding tert-OH is 2. The van der Waals surface area contributed by atoms with Crippen LogP contribution in [-0.2, 0) is 4.79 Å². The van der Waals surface area contributed by atoms with E-state index >= 15 is 0 Å². The SMILES string of the molecule is CC(Oc1ccc(Cl)cn1)C1CN(C(=O)C2CC[C@H](O)C(O)C2)CC1c1ccc(Cl)c(Cl)c1. The molecule has 1 aliphatic carbocycles. The number of rotatable bonds is 5. The first-order valence-corrected chi connectivity index (χ1v) is 12.2. The molecule has 6 nitrogen and oxygen atoms in total. The zero-order valence-electron chi connectivity index (χ0n) is 18.2. The maximum absolute atomic E-state index is 13.3. The van der Waals surface area contributed by atoms with Crippen LogP contribution in [0, 0.1) is 11.8 Å². The van der Waals surface area contributed by atoms with Crippen molar-refractivity contribution in [1.82, 2.24) is 9.88 Å². The lowest BCUT2D eigenvalue weighted by molar-refractivity contribution is -0.139. The molecule has 1 aromatic heterocycles. The molecule has 2 N–H and O–H groups in total. The summed E-state index contributed by atoms with van der Waals surface area (Å²) in [6, 6.07) is 9.00. The summed E-state index contributed by atoms with van der Waals surface area (Å²) >= 11 is 18.4. The van der Waals surface area contributed by atoms with Gasteiger partial charge in [-0.3, -0.25) is 4.79 Å². The Labute approximate surface area is 208 Å². The summed E-state index contributed by atoms with van der Waals surface area (Å²) in [5.74, 6) is 0.151. The number of aromatic nitrogens is 1. The van der Waals surface area contributed by atoms with Crippen LogP contribution in [0.4, 0.5) is 0 Å². The van der Waals surface area contributed by atoms with E-state index in [0.29, 0.717) is 46.9 Å². The largest absolute Gasteiger partial charge is 0.474 e. The van der Waals surface area contributed by atoms with Gasteiger partial charge in [0.1, 0.15) is 6.10 Å². The first kappa shape index (κ1) is 24.6. The van der Waals surface area contributed by atoms with Crippen molar-refractivity contribution < 1.29 is 19.7 Å². The maximum Gasteiger partial charge on any atom is 0.225 e. The molecule has 1 aromatic carbocycles. The topological polar surface area (TPSA) is 82.9 Å². The fourth-order valence-electron chi connectivity index (χ4n) is 4.90. The van der Waals surface area contributed by atoms with Crippen molar-refractivity contribution in [1.29, 1.82) is 0 Å². The second kappa shape index (κ2) is 10.4. The highest BCUT2D eigenvalue weighted by Crippen LogP contribution is 2.39. The number of pyridine rings is 1. The van der Waals surface area contributed by atoms with Crippen LogP contribution < -0.4 is 4.74 Å². The van der Waals surface area contributed by atoms with E-state index in [1.807, 2.05) is 24.0 Å². The van der Waals surface area contributed by atoms with Crippen LogP contribution in [0.15, 0.2) is 36.5 Å². The van der Waals surface area contributed by atoms with Crippen molar-refractivity contribution in [3.63, 3.8) is 0 Å². The molecule has 1 saturated carbocycles. The Bertz CT molecular complexity index is 990. The Kier molecular flexibility index (Phi) is 7.71. The van der Waals surface area contributed by atoms with Crippen LogP contribution in [0.2, 0.25) is 15.1 Å². The summed E-state index contributed by atoms with van der Waals surface area (Å²) in [6.45, 7) is 2.99. The predicted molar refractivity (Wildman–Crippen MR) is 128 cm³/mol. The molecule has 1 saturated heterocycles. The lowest BCUT2D eigenvalue weighted by Crippen LogP contribution is -2.42. The van der Waals surface area contributed by atoms with Gasteiger partial charge in [-0.05, 0) is 49.9 Å². The second-order valence-corrected chi connectivity index (χ2v) is 10.2. The minimum Gasteiger partial charge on any atom is -0.474 e. The fourth-order valence-corrected chi connectivity index (χ4v) is 5.32. The van der Waals surface area contributed by atoms with Crippen LogP contribution in [0.1, 0.15) is 37.7 Å². The molecular weight excluding hydrogens is 487 g/mol. The van der Waals surface area contributed by atoms with E-state index in [-0.39, 0.29) is 36.2 Å². The van der Waals surface area contributed by atoms with Crippen molar-refractivity contribution in [3.8, 4) is 5.88 Å². The molecule has 9 heteroatoms. The molecule has 6 atom stereocenters. The molecule has 2 aromatic rings. The van der Waals surface area contributed by atoms with Gasteiger partial charge in [-0.2, -0.15) is 0 Å². The Balaban J connectivity index is 1.55. The van der Waals surface area contributed by atoms with Gasteiger partial charge in [0.15, 0.2) is 0 Å². The molecule has 0 radical (unpaired) electrons. The summed E-state index contributed by atoms with van der Waals surface area (Å²) in [4.78, 5) is 19.4. The number of likely N-dealkylation sites (tertiary alicyclic amines) is 1. The molecule has 1 aliphatic heterocycles. The average molecular weight is 514 g/mol. The van der Waals surface area contributed by atoms with E-state index < -0.39 is 12.2 Å². The highest BCUT2D eigenvalue weighted by molar-refractivity contribution is 6.42. The van der Waals surface area contributed by atoms with Gasteiger partial charge in [0, 0.05) is 43.1 Å². The van der Waals surface area contributed by atoms with E-state index in [1.54, 1.807) is 18.2 Å². The highest BCUT2D eigenvalue weighted by atomic mass is 35.5. The number of amides is 1. The molecule has 33 heavy (non-hydrogen) atoms. The maximum atomic E-state index is 13.3. The third kappa shape index (κ3) is 5.57. The zero-order chi connectivity index (χ0) is 23.7. The van der Waals surface area contributed by atoms with Crippen LogP contribution >= 0.6 is 34.8 Å². The fraction of sp³-hybridized carbons (Fsp3) is 0.500. The number of hydrogen-bond acceptors (Lipinski definition) is 5. The van der Waals surface area contributed by atoms with Gasteiger partial charge in [0.2, 0.25) is 11.8 Å². The first-order chi connectivity index (χ1) is 15.7. The molecule has 0 spiro atoms. The van der Waals surface area contributed by atoms with E-state index in [1.165, 1.54) is 6.20 Å². The molecule has 178 valence electrons. The number of benzene rings is 1. The van der Waals surface area contributed by atoms with Gasteiger partial charge in [0.25, 0.3) is 0 Å². The van der Waals surface area contributed by atoms with Crippen molar-refractivity contribution in [2.45, 2.75) is 50.4 Å². The normalized spacial score (nSPS) is 28.5. The minimum absolute atomic E-state index is 0.00493. The molecule has 2 aliphatic rings. The van der Waals surface area contributed by atoms with Crippen molar-refractivity contribution in [2.75, 3.05) is 13.1 Å². The standard InChI is InChI=1S/C24H27Cl3N2O4/c1-13(33-23-7-4-16(25)10-28-23)17-11-29(24(32)15-3-6-21(30)22(31)9-15)12-18(17)14-2-5-19(26)20(27)8-14/h2,4-5,7-8,10,13,15,17-18,21-22,30-31H,3,6,9,11-12H2,1H3/t13?,15?,17?,18?,21-,22?/m0/s1. The Morgan fingerprint density at radius 3 is 2.55 bits per heavy atom. The second-order valence-electron chi connectivity index (χ2n) is 8.97. The van der Waals surface area contributed by atoms with E-state index in [2.05, 4.69) is 4.98 Å². The van der Waals surface area contributed by atoms with Gasteiger partial charge >= 0.3 is 0 Å². The third-order valence-corrected chi connectivity index (χ3v) is 7.75. The molecule has 2 fully saturated rings. The minimum atomic E-state index is -0.866. The molecule has 4 rings (SSSR count). The molecule has 0 bridgehead atoms. The highest BCUT2D eigenvalue weighted by Gasteiger charge is 2.43. The number of hydrogen-bond donors (Lipinski definition) is 2. The smallest absolute Gasteiger partial charge is 0.225 e. The number of carbonyl (C=O) groups is 1. The molecule has 1 amide bonds. The zero-order valence-corrected chi connectivity index (χ0v) is 20.5. The summed E-state index contributed by atoms with van der Waals surface area (Å²) in [5.41, 5.74) is 0.989. The van der Waals surface area contributed by atoms with Gasteiger partial charge in [0.05, 0.1) is 27.3 Å². The Morgan fingerprint density at radius 1 is 1.09 bits per heavy atom. The van der Waals surface area contributed by atoms with E-state index in [9.17, 15) is 15.0 Å². The van der Waals surface area contributed by atoms with Crippen LogP contribution in [-0.4, -0.2) is 57.4 Å². The van der Waals surface area contributed by atoms with Gasteiger partial charge in [-0.25, -0.2) is 4.98 Å². The van der Waals surface area contributed by atoms with Gasteiger partial charge < -0.3 is 19.8 Å². The quantitative estimate of drug-likeness (QED) is 0.612.